The van der Waals surface area contributed by atoms with E-state index < -0.39 is 61.6 Å². The summed E-state index contributed by atoms with van der Waals surface area (Å²) < 4.78 is 88.5. The first-order valence-electron chi connectivity index (χ1n) is 13.5. The zero-order valence-corrected chi connectivity index (χ0v) is 15.6. The zero-order chi connectivity index (χ0) is 29.6. The molecule has 2 N–H and O–H groups in total. The van der Waals surface area contributed by atoms with Crippen molar-refractivity contribution in [2.75, 3.05) is 17.9 Å². The fraction of sp³-hybridized carbons (Fsp3) is 0.273. The highest BCUT2D eigenvalue weighted by molar-refractivity contribution is 6.01. The number of β-amino-alcohol motifs (C(OH)–C–C–N with tert-alkyl or cyclic N) is 1. The molecule has 1 aromatic carbocycles. The summed E-state index contributed by atoms with van der Waals surface area (Å²) in [5, 5.41) is 26.5. The molecule has 0 aliphatic carbocycles. The highest BCUT2D eigenvalue weighted by atomic mass is 19.1. The molecule has 0 radical (unpaired) electrons. The van der Waals surface area contributed by atoms with E-state index in [1.165, 1.54) is 24.4 Å². The third kappa shape index (κ3) is 3.21. The van der Waals surface area contributed by atoms with Crippen molar-refractivity contribution >= 4 is 11.7 Å². The standard InChI is InChI=1S/C22H19FN6O2/c1-22(31)6-8-28(12-22)18-5-7-29(27-18)17-9-15(26-16-11-25-21(30)20(16)17)19-13(10-24)3-2-4-14(19)23/h2-5,7,9,31H,6,8,11-12H2,1H3,(H,25,30)/t22-/m0/s1/i1D3,8D2,11D2,12D2. The molecule has 2 aromatic heterocycles. The number of hydrogen-bond acceptors (Lipinski definition) is 6. The first-order chi connectivity index (χ1) is 18.4. The van der Waals surface area contributed by atoms with E-state index in [0.717, 1.165) is 16.8 Å². The molecule has 31 heavy (non-hydrogen) atoms. The minimum Gasteiger partial charge on any atom is -0.388 e. The van der Waals surface area contributed by atoms with E-state index in [1.54, 1.807) is 0 Å². The van der Waals surface area contributed by atoms with E-state index in [1.807, 2.05) is 6.07 Å². The highest BCUT2D eigenvalue weighted by Gasteiger charge is 2.33. The number of amides is 1. The van der Waals surface area contributed by atoms with Crippen LogP contribution in [0, 0.1) is 17.1 Å². The lowest BCUT2D eigenvalue weighted by molar-refractivity contribution is 0.0838. The molecule has 156 valence electrons. The fourth-order valence-corrected chi connectivity index (χ4v) is 3.37. The Hall–Kier alpha value is -3.77. The molecule has 0 unspecified atom stereocenters. The number of nitrogens with zero attached hydrogens (tertiary/aromatic N) is 5. The molecule has 8 nitrogen and oxygen atoms in total. The van der Waals surface area contributed by atoms with E-state index in [9.17, 15) is 19.6 Å². The van der Waals surface area contributed by atoms with Gasteiger partial charge in [-0.2, -0.15) is 10.4 Å². The van der Waals surface area contributed by atoms with Crippen molar-refractivity contribution in [1.82, 2.24) is 20.1 Å². The van der Waals surface area contributed by atoms with Gasteiger partial charge in [0.25, 0.3) is 5.91 Å². The Labute approximate surface area is 190 Å². The van der Waals surface area contributed by atoms with Crippen molar-refractivity contribution in [2.24, 2.45) is 0 Å². The molecule has 2 aliphatic heterocycles. The third-order valence-corrected chi connectivity index (χ3v) is 4.75. The molecule has 1 fully saturated rings. The number of hydrogen-bond donors (Lipinski definition) is 2. The normalized spacial score (nSPS) is 29.5. The predicted molar refractivity (Wildman–Crippen MR) is 110 cm³/mol. The van der Waals surface area contributed by atoms with Gasteiger partial charge in [0, 0.05) is 32.1 Å². The van der Waals surface area contributed by atoms with Crippen LogP contribution in [0.2, 0.25) is 0 Å². The second-order valence-electron chi connectivity index (χ2n) is 6.86. The summed E-state index contributed by atoms with van der Waals surface area (Å²) in [6.45, 7) is -11.7. The number of pyridine rings is 1. The highest BCUT2D eigenvalue weighted by Crippen LogP contribution is 2.32. The number of nitriles is 1. The van der Waals surface area contributed by atoms with Crippen LogP contribution in [0.4, 0.5) is 10.2 Å². The van der Waals surface area contributed by atoms with Gasteiger partial charge in [0.2, 0.25) is 0 Å². The number of benzene rings is 1. The predicted octanol–water partition coefficient (Wildman–Crippen LogP) is 2.15. The molecule has 0 bridgehead atoms. The van der Waals surface area contributed by atoms with E-state index in [-0.39, 0.29) is 28.1 Å². The molecule has 5 rings (SSSR count). The molecule has 2 aliphatic rings. The SMILES string of the molecule is [2H]C1([2H])NC(=O)c2c(-n3ccc(N4C([2H])([2H])C[C@@](O)(C([2H])([2H])[2H])C4([2H])[2H])n3)cc(-c3c(F)cccc3C#N)nc21. The average Bonchev–Trinajstić information content (AvgIpc) is 3.42. The van der Waals surface area contributed by atoms with Gasteiger partial charge in [0.1, 0.15) is 5.82 Å². The van der Waals surface area contributed by atoms with Crippen LogP contribution < -0.4 is 10.2 Å². The van der Waals surface area contributed by atoms with E-state index >= 15 is 0 Å². The number of fused-ring (bicyclic) bond motifs is 1. The summed E-state index contributed by atoms with van der Waals surface area (Å²) in [7, 11) is 0. The molecule has 1 atom stereocenters. The van der Waals surface area contributed by atoms with Crippen molar-refractivity contribution < 1.29 is 26.6 Å². The maximum atomic E-state index is 14.9. The van der Waals surface area contributed by atoms with E-state index in [2.05, 4.69) is 15.4 Å². The van der Waals surface area contributed by atoms with Crippen LogP contribution >= 0.6 is 0 Å². The molecule has 9 heteroatoms. The van der Waals surface area contributed by atoms with Gasteiger partial charge in [-0.25, -0.2) is 14.1 Å². The number of nitrogens with one attached hydrogen (secondary N) is 1. The first-order valence-corrected chi connectivity index (χ1v) is 9.01. The molecular weight excluding hydrogens is 399 g/mol. The first kappa shape index (κ1) is 11.6. The Morgan fingerprint density at radius 3 is 3.06 bits per heavy atom. The van der Waals surface area contributed by atoms with Crippen molar-refractivity contribution in [3.63, 3.8) is 0 Å². The molecule has 3 aromatic rings. The van der Waals surface area contributed by atoms with Crippen molar-refractivity contribution in [1.29, 1.82) is 5.26 Å². The summed E-state index contributed by atoms with van der Waals surface area (Å²) in [4.78, 5) is 17.3. The van der Waals surface area contributed by atoms with Gasteiger partial charge in [-0.3, -0.25) is 4.79 Å². The Morgan fingerprint density at radius 1 is 1.42 bits per heavy atom. The lowest BCUT2D eigenvalue weighted by Crippen LogP contribution is -2.29. The summed E-state index contributed by atoms with van der Waals surface area (Å²) >= 11 is 0. The van der Waals surface area contributed by atoms with Crippen molar-refractivity contribution in [3.8, 4) is 23.0 Å². The number of anilines is 1. The van der Waals surface area contributed by atoms with Gasteiger partial charge in [-0.15, -0.1) is 0 Å². The van der Waals surface area contributed by atoms with Gasteiger partial charge < -0.3 is 15.3 Å². The lowest BCUT2D eigenvalue weighted by atomic mass is 10.0. The molecule has 0 spiro atoms. The minimum absolute atomic E-state index is 0.125. The molecule has 4 heterocycles. The van der Waals surface area contributed by atoms with Crippen LogP contribution in [0.3, 0.4) is 0 Å². The second-order valence-corrected chi connectivity index (χ2v) is 6.86. The van der Waals surface area contributed by atoms with Crippen LogP contribution in [-0.2, 0) is 6.50 Å². The lowest BCUT2D eigenvalue weighted by Gasteiger charge is -2.18. The van der Waals surface area contributed by atoms with Gasteiger partial charge >= 0.3 is 0 Å². The molecular formula is C22H19FN6O2. The Balaban J connectivity index is 1.72. The van der Waals surface area contributed by atoms with Crippen LogP contribution in [0.15, 0.2) is 36.5 Å². The maximum absolute atomic E-state index is 14.9. The number of aromatic nitrogens is 3. The van der Waals surface area contributed by atoms with Gasteiger partial charge in [-0.05, 0) is 31.5 Å². The largest absolute Gasteiger partial charge is 0.388 e. The van der Waals surface area contributed by atoms with E-state index in [4.69, 9.17) is 12.3 Å². The van der Waals surface area contributed by atoms with Gasteiger partial charge in [0.05, 0.1) is 57.4 Å². The Morgan fingerprint density at radius 2 is 2.29 bits per heavy atom. The van der Waals surface area contributed by atoms with Crippen LogP contribution in [-0.4, -0.2) is 44.4 Å². The van der Waals surface area contributed by atoms with Crippen LogP contribution in [0.5, 0.6) is 0 Å². The number of carbonyl (C=O) groups excluding carboxylic acids is 1. The Kier molecular flexibility index (Phi) is 2.57. The molecule has 1 amide bonds. The zero-order valence-electron chi connectivity index (χ0n) is 24.6. The topological polar surface area (TPSA) is 107 Å². The fourth-order valence-electron chi connectivity index (χ4n) is 3.37. The number of aliphatic hydroxyl groups is 1. The maximum Gasteiger partial charge on any atom is 0.255 e. The van der Waals surface area contributed by atoms with Crippen molar-refractivity contribution in [3.05, 3.63) is 59.2 Å². The summed E-state index contributed by atoms with van der Waals surface area (Å²) in [6.07, 6.45) is 0.0549. The molecule has 1 saturated heterocycles. The Bertz CT molecular complexity index is 1620. The van der Waals surface area contributed by atoms with Crippen LogP contribution in [0.25, 0.3) is 16.9 Å². The number of rotatable bonds is 3. The van der Waals surface area contributed by atoms with Crippen LogP contribution in [0.1, 0.15) is 47.2 Å². The molecule has 0 saturated carbocycles. The summed E-state index contributed by atoms with van der Waals surface area (Å²) in [5.41, 5.74) is -4.62. The van der Waals surface area contributed by atoms with Crippen molar-refractivity contribution in [2.45, 2.75) is 25.4 Å². The smallest absolute Gasteiger partial charge is 0.255 e. The van der Waals surface area contributed by atoms with Gasteiger partial charge in [0.15, 0.2) is 5.82 Å². The van der Waals surface area contributed by atoms with E-state index in [0.29, 0.717) is 4.90 Å². The second kappa shape index (κ2) is 6.89. The third-order valence-electron chi connectivity index (χ3n) is 4.75. The monoisotopic (exact) mass is 427 g/mol. The average molecular weight is 427 g/mol. The number of halogens is 1. The van der Waals surface area contributed by atoms with Gasteiger partial charge in [-0.1, -0.05) is 6.07 Å². The quantitative estimate of drug-likeness (QED) is 0.663. The number of carbonyl (C=O) groups is 1. The minimum atomic E-state index is -3.30. The summed E-state index contributed by atoms with van der Waals surface area (Å²) in [6, 6.07) is 7.80. The summed E-state index contributed by atoms with van der Waals surface area (Å²) in [5.74, 6) is -2.20.